The van der Waals surface area contributed by atoms with Crippen molar-refractivity contribution in [3.63, 3.8) is 0 Å². The van der Waals surface area contributed by atoms with Crippen molar-refractivity contribution in [2.75, 3.05) is 19.6 Å². The Kier molecular flexibility index (Phi) is 4.08. The van der Waals surface area contributed by atoms with Crippen molar-refractivity contribution < 1.29 is 22.0 Å². The van der Waals surface area contributed by atoms with Crippen LogP contribution in [0.25, 0.3) is 0 Å². The van der Waals surface area contributed by atoms with Crippen molar-refractivity contribution in [1.82, 2.24) is 4.90 Å². The van der Waals surface area contributed by atoms with Gasteiger partial charge in [-0.2, -0.15) is 0 Å². The van der Waals surface area contributed by atoms with Crippen LogP contribution in [-0.4, -0.2) is 24.5 Å². The molecule has 19 heavy (non-hydrogen) atoms. The third-order valence-electron chi connectivity index (χ3n) is 3.36. The third-order valence-corrected chi connectivity index (χ3v) is 3.36. The lowest BCUT2D eigenvalue weighted by Crippen LogP contribution is -2.48. The molecular weight excluding hydrogens is 265 g/mol. The van der Waals surface area contributed by atoms with Gasteiger partial charge in [-0.3, -0.25) is 0 Å². The summed E-state index contributed by atoms with van der Waals surface area (Å²) in [6.45, 7) is 3.41. The van der Waals surface area contributed by atoms with E-state index in [1.807, 2.05) is 11.8 Å². The highest BCUT2D eigenvalue weighted by atomic mass is 19.2. The molecule has 1 aliphatic heterocycles. The lowest BCUT2D eigenvalue weighted by Gasteiger charge is -2.40. The maximum Gasteiger partial charge on any atom is 0.168 e. The highest BCUT2D eigenvalue weighted by Crippen LogP contribution is 2.37. The topological polar surface area (TPSA) is 3.24 Å². The minimum Gasteiger partial charge on any atom is -0.302 e. The zero-order chi connectivity index (χ0) is 14.2. The number of halogens is 5. The first-order chi connectivity index (χ1) is 8.95. The SMILES string of the molecule is CCCN1CC(C(F)c2c(F)c(F)cc(F)c2F)C1. The van der Waals surface area contributed by atoms with Gasteiger partial charge in [0.2, 0.25) is 0 Å². The Hall–Kier alpha value is -1.17. The molecule has 106 valence electrons. The standard InChI is InChI=1S/C13H14F5N/c1-2-3-19-5-7(6-19)11(16)10-12(17)8(14)4-9(15)13(10)18/h4,7,11H,2-3,5-6H2,1H3. The molecule has 1 aromatic carbocycles. The molecule has 0 amide bonds. The molecule has 0 saturated carbocycles. The molecular formula is C13H14F5N. The molecule has 1 atom stereocenters. The van der Waals surface area contributed by atoms with Crippen LogP contribution in [0.3, 0.4) is 0 Å². The van der Waals surface area contributed by atoms with Crippen LogP contribution in [-0.2, 0) is 0 Å². The van der Waals surface area contributed by atoms with Crippen molar-refractivity contribution in [2.24, 2.45) is 5.92 Å². The van der Waals surface area contributed by atoms with E-state index in [0.717, 1.165) is 13.0 Å². The van der Waals surface area contributed by atoms with Crippen molar-refractivity contribution in [3.8, 4) is 0 Å². The van der Waals surface area contributed by atoms with Gasteiger partial charge >= 0.3 is 0 Å². The van der Waals surface area contributed by atoms with Crippen LogP contribution in [0.2, 0.25) is 0 Å². The van der Waals surface area contributed by atoms with Crippen LogP contribution in [0, 0.1) is 29.2 Å². The van der Waals surface area contributed by atoms with Crippen LogP contribution < -0.4 is 0 Å². The molecule has 0 bridgehead atoms. The number of hydrogen-bond acceptors (Lipinski definition) is 1. The van der Waals surface area contributed by atoms with E-state index in [-0.39, 0.29) is 6.07 Å². The summed E-state index contributed by atoms with van der Waals surface area (Å²) in [6.07, 6.45) is -1.14. The van der Waals surface area contributed by atoms with E-state index in [4.69, 9.17) is 0 Å². The Balaban J connectivity index is 2.19. The Morgan fingerprint density at radius 3 is 2.16 bits per heavy atom. The van der Waals surface area contributed by atoms with Gasteiger partial charge in [0.1, 0.15) is 6.17 Å². The van der Waals surface area contributed by atoms with E-state index in [1.54, 1.807) is 0 Å². The molecule has 0 aromatic heterocycles. The number of rotatable bonds is 4. The lowest BCUT2D eigenvalue weighted by molar-refractivity contribution is 0.0350. The molecule has 1 fully saturated rings. The summed E-state index contributed by atoms with van der Waals surface area (Å²) in [4.78, 5) is 1.92. The lowest BCUT2D eigenvalue weighted by atomic mass is 9.89. The first-order valence-electron chi connectivity index (χ1n) is 6.15. The second kappa shape index (κ2) is 5.45. The van der Waals surface area contributed by atoms with Crippen LogP contribution in [0.1, 0.15) is 25.1 Å². The summed E-state index contributed by atoms with van der Waals surface area (Å²) in [6, 6.07) is 0.0883. The van der Waals surface area contributed by atoms with Gasteiger partial charge in [0.05, 0.1) is 5.56 Å². The molecule has 1 saturated heterocycles. The van der Waals surface area contributed by atoms with E-state index < -0.39 is 40.9 Å². The highest BCUT2D eigenvalue weighted by Gasteiger charge is 2.38. The van der Waals surface area contributed by atoms with E-state index in [1.165, 1.54) is 0 Å². The Bertz CT molecular complexity index is 444. The van der Waals surface area contributed by atoms with Gasteiger partial charge in [0, 0.05) is 25.1 Å². The van der Waals surface area contributed by atoms with Crippen molar-refractivity contribution in [1.29, 1.82) is 0 Å². The number of likely N-dealkylation sites (tertiary alicyclic amines) is 1. The molecule has 0 radical (unpaired) electrons. The van der Waals surface area contributed by atoms with Gasteiger partial charge in [-0.15, -0.1) is 0 Å². The fourth-order valence-electron chi connectivity index (χ4n) is 2.36. The summed E-state index contributed by atoms with van der Waals surface area (Å²) < 4.78 is 66.9. The average molecular weight is 279 g/mol. The van der Waals surface area contributed by atoms with Gasteiger partial charge in [-0.1, -0.05) is 6.92 Å². The largest absolute Gasteiger partial charge is 0.302 e. The monoisotopic (exact) mass is 279 g/mol. The fourth-order valence-corrected chi connectivity index (χ4v) is 2.36. The van der Waals surface area contributed by atoms with Crippen LogP contribution in [0.15, 0.2) is 6.07 Å². The van der Waals surface area contributed by atoms with E-state index in [0.29, 0.717) is 13.1 Å². The molecule has 1 unspecified atom stereocenters. The number of benzene rings is 1. The number of nitrogens with zero attached hydrogens (tertiary/aromatic N) is 1. The number of hydrogen-bond donors (Lipinski definition) is 0. The van der Waals surface area contributed by atoms with Gasteiger partial charge in [0.25, 0.3) is 0 Å². The van der Waals surface area contributed by atoms with Crippen molar-refractivity contribution in [2.45, 2.75) is 19.5 Å². The van der Waals surface area contributed by atoms with Gasteiger partial charge in [-0.05, 0) is 13.0 Å². The zero-order valence-electron chi connectivity index (χ0n) is 10.4. The van der Waals surface area contributed by atoms with Gasteiger partial charge < -0.3 is 4.90 Å². The third kappa shape index (κ3) is 2.59. The highest BCUT2D eigenvalue weighted by molar-refractivity contribution is 5.26. The van der Waals surface area contributed by atoms with E-state index >= 15 is 0 Å². The number of alkyl halides is 1. The zero-order valence-corrected chi connectivity index (χ0v) is 10.4. The minimum absolute atomic E-state index is 0.0883. The summed E-state index contributed by atoms with van der Waals surface area (Å²) in [5, 5.41) is 0. The molecule has 1 nitrogen and oxygen atoms in total. The Morgan fingerprint density at radius 1 is 1.16 bits per heavy atom. The molecule has 0 aliphatic carbocycles. The summed E-state index contributed by atoms with van der Waals surface area (Å²) in [7, 11) is 0. The molecule has 1 heterocycles. The molecule has 1 aromatic rings. The van der Waals surface area contributed by atoms with E-state index in [2.05, 4.69) is 0 Å². The van der Waals surface area contributed by atoms with Crippen molar-refractivity contribution in [3.05, 3.63) is 34.9 Å². The summed E-state index contributed by atoms with van der Waals surface area (Å²) in [5.41, 5.74) is -1.13. The molecule has 1 aliphatic rings. The molecule has 2 rings (SSSR count). The van der Waals surface area contributed by atoms with Crippen LogP contribution in [0.4, 0.5) is 22.0 Å². The maximum atomic E-state index is 14.0. The first-order valence-corrected chi connectivity index (χ1v) is 6.15. The Morgan fingerprint density at radius 2 is 1.68 bits per heavy atom. The second-order valence-electron chi connectivity index (χ2n) is 4.80. The Labute approximate surface area is 108 Å². The van der Waals surface area contributed by atoms with Gasteiger partial charge in [0.15, 0.2) is 23.3 Å². The maximum absolute atomic E-state index is 14.0. The van der Waals surface area contributed by atoms with Crippen LogP contribution in [0.5, 0.6) is 0 Å². The molecule has 0 spiro atoms. The molecule has 0 N–H and O–H groups in total. The van der Waals surface area contributed by atoms with Crippen molar-refractivity contribution >= 4 is 0 Å². The summed E-state index contributed by atoms with van der Waals surface area (Å²) >= 11 is 0. The van der Waals surface area contributed by atoms with E-state index in [9.17, 15) is 22.0 Å². The fraction of sp³-hybridized carbons (Fsp3) is 0.538. The normalized spacial score (nSPS) is 18.4. The first kappa shape index (κ1) is 14.2. The predicted octanol–water partition coefficient (Wildman–Crippen LogP) is 3.60. The second-order valence-corrected chi connectivity index (χ2v) is 4.80. The minimum atomic E-state index is -2.03. The smallest absolute Gasteiger partial charge is 0.168 e. The molecule has 6 heteroatoms. The quantitative estimate of drug-likeness (QED) is 0.601. The van der Waals surface area contributed by atoms with Gasteiger partial charge in [-0.25, -0.2) is 22.0 Å². The van der Waals surface area contributed by atoms with Crippen LogP contribution >= 0.6 is 0 Å². The predicted molar refractivity (Wildman–Crippen MR) is 60.3 cm³/mol. The average Bonchev–Trinajstić information content (AvgIpc) is 2.31. The summed E-state index contributed by atoms with van der Waals surface area (Å²) in [5.74, 6) is -7.04.